The van der Waals surface area contributed by atoms with Crippen LogP contribution >= 0.6 is 0 Å². The highest BCUT2D eigenvalue weighted by atomic mass is 16.2. The number of amides is 1. The molecule has 2 nitrogen and oxygen atoms in total. The van der Waals surface area contributed by atoms with Crippen molar-refractivity contribution in [2.45, 2.75) is 33.1 Å². The summed E-state index contributed by atoms with van der Waals surface area (Å²) in [5, 5.41) is 0. The lowest BCUT2D eigenvalue weighted by Crippen LogP contribution is -2.55. The first-order valence-electron chi connectivity index (χ1n) is 4.91. The van der Waals surface area contributed by atoms with Gasteiger partial charge in [0.05, 0.1) is 0 Å². The predicted octanol–water partition coefficient (Wildman–Crippen LogP) is 1.65. The van der Waals surface area contributed by atoms with Crippen LogP contribution in [-0.2, 0) is 4.79 Å². The van der Waals surface area contributed by atoms with Crippen LogP contribution in [0, 0.1) is 11.3 Å². The molecule has 0 aromatic carbocycles. The number of nitrogens with zero attached hydrogens (tertiary/aromatic N) is 1. The van der Waals surface area contributed by atoms with Crippen molar-refractivity contribution < 1.29 is 4.79 Å². The molecule has 1 heterocycles. The van der Waals surface area contributed by atoms with Crippen molar-refractivity contribution in [1.82, 2.24) is 4.90 Å². The molecule has 12 heavy (non-hydrogen) atoms. The Labute approximate surface area is 73.9 Å². The Kier molecular flexibility index (Phi) is 1.67. The molecule has 0 N–H and O–H groups in total. The molecular formula is C10H17NO. The molecular weight excluding hydrogens is 150 g/mol. The summed E-state index contributed by atoms with van der Waals surface area (Å²) in [5.41, 5.74) is 0.0279. The third kappa shape index (κ3) is 1.05. The second-order valence-corrected chi connectivity index (χ2v) is 4.73. The van der Waals surface area contributed by atoms with Crippen molar-refractivity contribution >= 4 is 5.91 Å². The first-order chi connectivity index (χ1) is 5.62. The Morgan fingerprint density at radius 3 is 2.33 bits per heavy atom. The summed E-state index contributed by atoms with van der Waals surface area (Å²) in [6.45, 7) is 6.30. The third-order valence-corrected chi connectivity index (χ3v) is 3.32. The zero-order valence-corrected chi connectivity index (χ0v) is 7.97. The van der Waals surface area contributed by atoms with Crippen LogP contribution in [0.2, 0.25) is 0 Å². The predicted molar refractivity (Wildman–Crippen MR) is 47.7 cm³/mol. The first kappa shape index (κ1) is 8.09. The first-order valence-corrected chi connectivity index (χ1v) is 4.91. The fourth-order valence-electron chi connectivity index (χ4n) is 2.17. The van der Waals surface area contributed by atoms with Gasteiger partial charge >= 0.3 is 0 Å². The maximum absolute atomic E-state index is 11.8. The average molecular weight is 167 g/mol. The van der Waals surface area contributed by atoms with Gasteiger partial charge in [0.15, 0.2) is 0 Å². The van der Waals surface area contributed by atoms with Crippen LogP contribution in [0.4, 0.5) is 0 Å². The van der Waals surface area contributed by atoms with Crippen molar-refractivity contribution in [2.24, 2.45) is 11.3 Å². The zero-order valence-electron chi connectivity index (χ0n) is 7.97. The number of hydrogen-bond acceptors (Lipinski definition) is 1. The maximum Gasteiger partial charge on any atom is 0.228 e. The van der Waals surface area contributed by atoms with Gasteiger partial charge in [-0.15, -0.1) is 0 Å². The van der Waals surface area contributed by atoms with Gasteiger partial charge in [0.25, 0.3) is 0 Å². The number of carbonyl (C=O) groups excluding carboxylic acids is 1. The van der Waals surface area contributed by atoms with Gasteiger partial charge in [-0.05, 0) is 18.8 Å². The Morgan fingerprint density at radius 2 is 2.00 bits per heavy atom. The van der Waals surface area contributed by atoms with Crippen LogP contribution in [0.1, 0.15) is 33.1 Å². The van der Waals surface area contributed by atoms with Gasteiger partial charge in [-0.1, -0.05) is 20.3 Å². The standard InChI is InChI=1S/C10H17NO/c1-8-6-11(7-8)9(12)10(2)4-3-5-10/h8H,3-7H2,1-2H3. The van der Waals surface area contributed by atoms with E-state index < -0.39 is 0 Å². The average Bonchev–Trinajstić information content (AvgIpc) is 1.93. The Bertz CT molecular complexity index is 202. The van der Waals surface area contributed by atoms with Gasteiger partial charge in [-0.25, -0.2) is 0 Å². The summed E-state index contributed by atoms with van der Waals surface area (Å²) < 4.78 is 0. The van der Waals surface area contributed by atoms with E-state index in [2.05, 4.69) is 13.8 Å². The summed E-state index contributed by atoms with van der Waals surface area (Å²) in [6.07, 6.45) is 3.46. The number of carbonyl (C=O) groups is 1. The van der Waals surface area contributed by atoms with Crippen LogP contribution < -0.4 is 0 Å². The van der Waals surface area contributed by atoms with Crippen molar-refractivity contribution in [3.8, 4) is 0 Å². The largest absolute Gasteiger partial charge is 0.342 e. The molecule has 2 heteroatoms. The van der Waals surface area contributed by atoms with Crippen LogP contribution in [0.3, 0.4) is 0 Å². The van der Waals surface area contributed by atoms with Crippen LogP contribution in [0.5, 0.6) is 0 Å². The third-order valence-electron chi connectivity index (χ3n) is 3.32. The molecule has 68 valence electrons. The van der Waals surface area contributed by atoms with Gasteiger partial charge in [-0.2, -0.15) is 0 Å². The van der Waals surface area contributed by atoms with Gasteiger partial charge in [0.1, 0.15) is 0 Å². The van der Waals surface area contributed by atoms with Crippen LogP contribution in [0.25, 0.3) is 0 Å². The smallest absolute Gasteiger partial charge is 0.228 e. The van der Waals surface area contributed by atoms with Crippen molar-refractivity contribution in [3.63, 3.8) is 0 Å². The van der Waals surface area contributed by atoms with E-state index in [1.807, 2.05) is 4.90 Å². The molecule has 1 saturated heterocycles. The summed E-state index contributed by atoms with van der Waals surface area (Å²) in [5.74, 6) is 1.14. The number of hydrogen-bond donors (Lipinski definition) is 0. The molecule has 0 aromatic heterocycles. The van der Waals surface area contributed by atoms with Crippen molar-refractivity contribution in [1.29, 1.82) is 0 Å². The molecule has 1 amide bonds. The van der Waals surface area contributed by atoms with Crippen molar-refractivity contribution in [3.05, 3.63) is 0 Å². The number of likely N-dealkylation sites (tertiary alicyclic amines) is 1. The Hall–Kier alpha value is -0.530. The normalized spacial score (nSPS) is 27.7. The van der Waals surface area contributed by atoms with E-state index in [-0.39, 0.29) is 5.41 Å². The quantitative estimate of drug-likeness (QED) is 0.581. The summed E-state index contributed by atoms with van der Waals surface area (Å²) in [4.78, 5) is 13.8. The zero-order chi connectivity index (χ0) is 8.77. The number of rotatable bonds is 1. The van der Waals surface area contributed by atoms with Gasteiger partial charge in [0, 0.05) is 18.5 Å². The minimum atomic E-state index is 0.0279. The fraction of sp³-hybridized carbons (Fsp3) is 0.900. The van der Waals surface area contributed by atoms with Crippen molar-refractivity contribution in [2.75, 3.05) is 13.1 Å². The molecule has 1 aliphatic carbocycles. The molecule has 2 fully saturated rings. The highest BCUT2D eigenvalue weighted by molar-refractivity contribution is 5.83. The van der Waals surface area contributed by atoms with Gasteiger partial charge in [0.2, 0.25) is 5.91 Å². The highest BCUT2D eigenvalue weighted by Crippen LogP contribution is 2.42. The van der Waals surface area contributed by atoms with Gasteiger partial charge in [-0.3, -0.25) is 4.79 Å². The highest BCUT2D eigenvalue weighted by Gasteiger charge is 2.44. The maximum atomic E-state index is 11.8. The molecule has 0 radical (unpaired) electrons. The second-order valence-electron chi connectivity index (χ2n) is 4.73. The minimum Gasteiger partial charge on any atom is -0.342 e. The molecule has 2 aliphatic rings. The van der Waals surface area contributed by atoms with Crippen LogP contribution in [-0.4, -0.2) is 23.9 Å². The molecule has 1 aliphatic heterocycles. The summed E-state index contributed by atoms with van der Waals surface area (Å²) >= 11 is 0. The molecule has 0 aromatic rings. The lowest BCUT2D eigenvalue weighted by Gasteiger charge is -2.46. The van der Waals surface area contributed by atoms with E-state index in [1.165, 1.54) is 6.42 Å². The fourth-order valence-corrected chi connectivity index (χ4v) is 2.17. The SMILES string of the molecule is CC1CN(C(=O)C2(C)CCC2)C1. The lowest BCUT2D eigenvalue weighted by molar-refractivity contribution is -0.152. The van der Waals surface area contributed by atoms with Crippen LogP contribution in [0.15, 0.2) is 0 Å². The molecule has 0 unspecified atom stereocenters. The lowest BCUT2D eigenvalue weighted by atomic mass is 9.69. The Balaban J connectivity index is 1.92. The molecule has 0 atom stereocenters. The monoisotopic (exact) mass is 167 g/mol. The molecule has 0 bridgehead atoms. The summed E-state index contributed by atoms with van der Waals surface area (Å²) in [7, 11) is 0. The van der Waals surface area contributed by atoms with Gasteiger partial charge < -0.3 is 4.90 Å². The van der Waals surface area contributed by atoms with E-state index in [0.29, 0.717) is 5.91 Å². The van der Waals surface area contributed by atoms with E-state index in [4.69, 9.17) is 0 Å². The molecule has 0 spiro atoms. The van der Waals surface area contributed by atoms with E-state index >= 15 is 0 Å². The topological polar surface area (TPSA) is 20.3 Å². The Morgan fingerprint density at radius 1 is 1.42 bits per heavy atom. The van der Waals surface area contributed by atoms with E-state index in [1.54, 1.807) is 0 Å². The second kappa shape index (κ2) is 2.48. The molecule has 2 rings (SSSR count). The minimum absolute atomic E-state index is 0.0279. The van der Waals surface area contributed by atoms with E-state index in [0.717, 1.165) is 31.8 Å². The summed E-state index contributed by atoms with van der Waals surface area (Å²) in [6, 6.07) is 0. The van der Waals surface area contributed by atoms with E-state index in [9.17, 15) is 4.79 Å². The molecule has 1 saturated carbocycles.